The van der Waals surface area contributed by atoms with E-state index in [1.165, 1.54) is 13.3 Å². The molecule has 110 valence electrons. The molecule has 1 aliphatic carbocycles. The van der Waals surface area contributed by atoms with Crippen LogP contribution in [0.2, 0.25) is 25.2 Å². The summed E-state index contributed by atoms with van der Waals surface area (Å²) in [5.41, 5.74) is 0.805. The molecule has 1 saturated carbocycles. The van der Waals surface area contributed by atoms with Gasteiger partial charge in [0.2, 0.25) is 0 Å². The van der Waals surface area contributed by atoms with Crippen molar-refractivity contribution in [1.82, 2.24) is 0 Å². The molecule has 3 unspecified atom stereocenters. The van der Waals surface area contributed by atoms with Gasteiger partial charge in [0.1, 0.15) is 11.6 Å². The van der Waals surface area contributed by atoms with Gasteiger partial charge in [0.25, 0.3) is 0 Å². The Hall–Kier alpha value is 0.197. The average Bonchev–Trinajstić information content (AvgIpc) is 2.25. The Balaban J connectivity index is 2.38. The van der Waals surface area contributed by atoms with Crippen molar-refractivity contribution in [2.24, 2.45) is 0 Å². The van der Waals surface area contributed by atoms with E-state index in [1.54, 1.807) is 11.8 Å². The third-order valence-electron chi connectivity index (χ3n) is 3.84. The molecule has 1 rings (SSSR count). The van der Waals surface area contributed by atoms with Gasteiger partial charge in [-0.25, -0.2) is 0 Å². The highest BCUT2D eigenvalue weighted by Crippen LogP contribution is 2.42. The number of rotatable bonds is 6. The van der Waals surface area contributed by atoms with Gasteiger partial charge in [-0.2, -0.15) is 0 Å². The summed E-state index contributed by atoms with van der Waals surface area (Å²) >= 11 is 8.15. The molecule has 1 fully saturated rings. The van der Waals surface area contributed by atoms with E-state index in [0.717, 1.165) is 18.4 Å². The Labute approximate surface area is 127 Å². The average molecular weight is 321 g/mol. The second kappa shape index (κ2) is 7.28. The van der Waals surface area contributed by atoms with Gasteiger partial charge in [0, 0.05) is 18.7 Å². The summed E-state index contributed by atoms with van der Waals surface area (Å²) in [6.07, 6.45) is 3.53. The Morgan fingerprint density at radius 2 is 1.89 bits per heavy atom. The van der Waals surface area contributed by atoms with Crippen molar-refractivity contribution < 1.29 is 9.59 Å². The highest BCUT2D eigenvalue weighted by Gasteiger charge is 2.36. The number of thioether (sulfide) groups is 1. The van der Waals surface area contributed by atoms with Crippen LogP contribution in [-0.4, -0.2) is 36.0 Å². The van der Waals surface area contributed by atoms with Crippen molar-refractivity contribution >= 4 is 43.0 Å². The molecule has 0 spiro atoms. The van der Waals surface area contributed by atoms with Gasteiger partial charge in [0.15, 0.2) is 0 Å². The van der Waals surface area contributed by atoms with E-state index in [1.807, 2.05) is 0 Å². The molecular weight excluding hydrogens is 296 g/mol. The summed E-state index contributed by atoms with van der Waals surface area (Å²) in [4.78, 5) is 22.4. The van der Waals surface area contributed by atoms with E-state index in [9.17, 15) is 9.59 Å². The maximum Gasteiger partial charge on any atom is 0.150 e. The van der Waals surface area contributed by atoms with Crippen LogP contribution in [0.5, 0.6) is 0 Å². The van der Waals surface area contributed by atoms with E-state index >= 15 is 0 Å². The number of hydrogen-bond donors (Lipinski definition) is 0. The summed E-state index contributed by atoms with van der Waals surface area (Å²) in [7, 11) is -1.10. The zero-order valence-electron chi connectivity index (χ0n) is 12.4. The van der Waals surface area contributed by atoms with Gasteiger partial charge in [0.05, 0.1) is 12.2 Å². The second-order valence-electron chi connectivity index (χ2n) is 6.66. The number of carbonyl (C=O) groups excluding carboxylic acids is 2. The predicted octanol–water partition coefficient (Wildman–Crippen LogP) is 4.14. The zero-order chi connectivity index (χ0) is 14.6. The second-order valence-corrected chi connectivity index (χ2v) is 14.0. The van der Waals surface area contributed by atoms with Gasteiger partial charge in [-0.15, -0.1) is 23.4 Å². The van der Waals surface area contributed by atoms with Gasteiger partial charge in [-0.05, 0) is 25.3 Å². The molecular formula is C14H25ClO2SSi. The van der Waals surface area contributed by atoms with Crippen LogP contribution in [0.25, 0.3) is 0 Å². The van der Waals surface area contributed by atoms with Crippen LogP contribution in [-0.2, 0) is 9.59 Å². The lowest BCUT2D eigenvalue weighted by Gasteiger charge is -2.38. The fourth-order valence-electron chi connectivity index (χ4n) is 2.59. The lowest BCUT2D eigenvalue weighted by Crippen LogP contribution is -2.37. The van der Waals surface area contributed by atoms with Gasteiger partial charge in [-0.1, -0.05) is 26.1 Å². The molecule has 0 aliphatic heterocycles. The lowest BCUT2D eigenvalue weighted by molar-refractivity contribution is -0.124. The maximum absolute atomic E-state index is 11.5. The topological polar surface area (TPSA) is 34.1 Å². The minimum Gasteiger partial charge on any atom is -0.300 e. The number of hydrogen-bond acceptors (Lipinski definition) is 3. The van der Waals surface area contributed by atoms with Crippen LogP contribution in [0.4, 0.5) is 0 Å². The third kappa shape index (κ3) is 6.00. The smallest absolute Gasteiger partial charge is 0.150 e. The lowest BCUT2D eigenvalue weighted by atomic mass is 9.99. The number of carbonyl (C=O) groups is 2. The SMILES string of the molecule is CC(=O)CC(=O)CSC1CCC([Si](C)(C)C)CC1Cl. The van der Waals surface area contributed by atoms with Crippen molar-refractivity contribution in [1.29, 1.82) is 0 Å². The fraction of sp³-hybridized carbons (Fsp3) is 0.857. The number of ketones is 2. The molecule has 2 nitrogen and oxygen atoms in total. The van der Waals surface area contributed by atoms with E-state index in [4.69, 9.17) is 11.6 Å². The standard InChI is InChI=1S/C14H25ClO2SSi/c1-10(16)7-11(17)9-18-14-6-5-12(8-13(14)15)19(2,3)4/h12-14H,5-9H2,1-4H3. The van der Waals surface area contributed by atoms with Crippen molar-refractivity contribution in [2.45, 2.75) is 68.4 Å². The van der Waals surface area contributed by atoms with Crippen LogP contribution < -0.4 is 0 Å². The highest BCUT2D eigenvalue weighted by molar-refractivity contribution is 8.00. The van der Waals surface area contributed by atoms with Crippen LogP contribution >= 0.6 is 23.4 Å². The summed E-state index contributed by atoms with van der Waals surface area (Å²) in [6, 6.07) is 0. The number of Topliss-reactive ketones (excluding diaryl/α,β-unsaturated/α-hetero) is 2. The summed E-state index contributed by atoms with van der Waals surface area (Å²) < 4.78 is 0. The minimum absolute atomic E-state index is 0.0358. The summed E-state index contributed by atoms with van der Waals surface area (Å²) in [6.45, 7) is 8.69. The fourth-order valence-corrected chi connectivity index (χ4v) is 6.42. The van der Waals surface area contributed by atoms with Gasteiger partial charge >= 0.3 is 0 Å². The summed E-state index contributed by atoms with van der Waals surface area (Å²) in [5, 5.41) is 0.561. The largest absolute Gasteiger partial charge is 0.300 e. The molecule has 0 N–H and O–H groups in total. The molecule has 5 heteroatoms. The summed E-state index contributed by atoms with van der Waals surface area (Å²) in [5.74, 6) is 0.426. The first-order chi connectivity index (χ1) is 8.70. The van der Waals surface area contributed by atoms with Crippen LogP contribution in [0, 0.1) is 0 Å². The minimum atomic E-state index is -1.10. The molecule has 0 radical (unpaired) electrons. The number of halogens is 1. The molecule has 0 aromatic heterocycles. The van der Waals surface area contributed by atoms with Gasteiger partial charge < -0.3 is 0 Å². The van der Waals surface area contributed by atoms with E-state index in [-0.39, 0.29) is 23.4 Å². The third-order valence-corrected chi connectivity index (χ3v) is 8.93. The van der Waals surface area contributed by atoms with E-state index < -0.39 is 8.07 Å². The first-order valence-electron chi connectivity index (χ1n) is 6.97. The van der Waals surface area contributed by atoms with Crippen molar-refractivity contribution in [2.75, 3.05) is 5.75 Å². The predicted molar refractivity (Wildman–Crippen MR) is 87.1 cm³/mol. The molecule has 0 aromatic rings. The zero-order valence-corrected chi connectivity index (χ0v) is 14.9. The molecule has 1 aliphatic rings. The maximum atomic E-state index is 11.5. The number of alkyl halides is 1. The Kier molecular flexibility index (Phi) is 6.60. The highest BCUT2D eigenvalue weighted by atomic mass is 35.5. The first kappa shape index (κ1) is 17.2. The van der Waals surface area contributed by atoms with E-state index in [2.05, 4.69) is 19.6 Å². The van der Waals surface area contributed by atoms with Crippen LogP contribution in [0.3, 0.4) is 0 Å². The van der Waals surface area contributed by atoms with Crippen LogP contribution in [0.1, 0.15) is 32.6 Å². The first-order valence-corrected chi connectivity index (χ1v) is 12.0. The van der Waals surface area contributed by atoms with Crippen molar-refractivity contribution in [3.05, 3.63) is 0 Å². The van der Waals surface area contributed by atoms with Crippen LogP contribution in [0.15, 0.2) is 0 Å². The Morgan fingerprint density at radius 1 is 1.26 bits per heavy atom. The molecule has 19 heavy (non-hydrogen) atoms. The Morgan fingerprint density at radius 3 is 2.37 bits per heavy atom. The molecule has 3 atom stereocenters. The van der Waals surface area contributed by atoms with Gasteiger partial charge in [-0.3, -0.25) is 9.59 Å². The monoisotopic (exact) mass is 320 g/mol. The van der Waals surface area contributed by atoms with E-state index in [0.29, 0.717) is 11.0 Å². The molecule has 0 aromatic carbocycles. The van der Waals surface area contributed by atoms with Crippen molar-refractivity contribution in [3.8, 4) is 0 Å². The molecule has 0 saturated heterocycles. The quantitative estimate of drug-likeness (QED) is 0.419. The normalized spacial score (nSPS) is 28.2. The molecule has 0 amide bonds. The molecule has 0 bridgehead atoms. The Bertz CT molecular complexity index is 341. The molecule has 0 heterocycles. The van der Waals surface area contributed by atoms with Crippen molar-refractivity contribution in [3.63, 3.8) is 0 Å².